The smallest absolute Gasteiger partial charge is 0.245 e. The van der Waals surface area contributed by atoms with Crippen LogP contribution >= 0.6 is 9.24 Å². The molecule has 0 spiro atoms. The number of carbonyl (C=O) groups is 2. The Bertz CT molecular complexity index is 827. The van der Waals surface area contributed by atoms with Crippen LogP contribution in [0.25, 0.3) is 0 Å². The van der Waals surface area contributed by atoms with Crippen molar-refractivity contribution in [2.75, 3.05) is 11.4 Å². The first-order chi connectivity index (χ1) is 10.7. The largest absolute Gasteiger partial charge is 0.304 e. The maximum atomic E-state index is 13.1. The number of fused-ring (bicyclic) bond motifs is 1. The lowest BCUT2D eigenvalue weighted by Crippen LogP contribution is -2.55. The van der Waals surface area contributed by atoms with Crippen molar-refractivity contribution < 1.29 is 9.59 Å². The van der Waals surface area contributed by atoms with Crippen molar-refractivity contribution >= 4 is 26.6 Å². The second-order valence-electron chi connectivity index (χ2n) is 6.40. The maximum Gasteiger partial charge on any atom is 0.245 e. The summed E-state index contributed by atoms with van der Waals surface area (Å²) in [5.74, 6) is -0.423. The molecule has 1 unspecified atom stereocenters. The van der Waals surface area contributed by atoms with Crippen LogP contribution in [0.2, 0.25) is 0 Å². The number of hydrogen-bond donors (Lipinski definition) is 0. The summed E-state index contributed by atoms with van der Waals surface area (Å²) in [4.78, 5) is 27.2. The quantitative estimate of drug-likeness (QED) is 0.576. The van der Waals surface area contributed by atoms with E-state index >= 15 is 0 Å². The second kappa shape index (κ2) is 4.87. The highest BCUT2D eigenvalue weighted by Gasteiger charge is 2.53. The van der Waals surface area contributed by atoms with Crippen molar-refractivity contribution in [2.45, 2.75) is 19.0 Å². The number of aryl methyl sites for hydroxylation is 1. The van der Waals surface area contributed by atoms with Crippen molar-refractivity contribution in [1.82, 2.24) is 9.78 Å². The Hall–Kier alpha value is -2.25. The highest BCUT2D eigenvalue weighted by atomic mass is 31.0. The summed E-state index contributed by atoms with van der Waals surface area (Å²) >= 11 is 0. The van der Waals surface area contributed by atoms with Crippen LogP contribution in [0.4, 0.5) is 5.69 Å². The average molecular weight is 328 g/mol. The summed E-state index contributed by atoms with van der Waals surface area (Å²) < 4.78 is 1.63. The Labute approximate surface area is 136 Å². The molecule has 0 N–H and O–H groups in total. The molecule has 1 aliphatic carbocycles. The molecule has 2 aliphatic rings. The summed E-state index contributed by atoms with van der Waals surface area (Å²) in [6.45, 7) is 3.90. The molecule has 1 amide bonds. The van der Waals surface area contributed by atoms with E-state index in [0.717, 1.165) is 5.57 Å². The minimum Gasteiger partial charge on any atom is -0.304 e. The Balaban J connectivity index is 2.16. The third-order valence-corrected chi connectivity index (χ3v) is 5.23. The first kappa shape index (κ1) is 15.6. The second-order valence-corrected chi connectivity index (χ2v) is 7.31. The van der Waals surface area contributed by atoms with E-state index in [1.165, 1.54) is 6.08 Å². The van der Waals surface area contributed by atoms with E-state index in [1.54, 1.807) is 42.9 Å². The summed E-state index contributed by atoms with van der Waals surface area (Å²) in [6.07, 6.45) is 6.77. The van der Waals surface area contributed by atoms with E-state index in [1.807, 2.05) is 12.1 Å². The molecule has 0 saturated heterocycles. The zero-order chi connectivity index (χ0) is 17.0. The molecular weight excluding hydrogens is 311 g/mol. The molecule has 6 nitrogen and oxygen atoms in total. The van der Waals surface area contributed by atoms with Crippen molar-refractivity contribution in [3.63, 3.8) is 0 Å². The number of nitrogens with zero attached hydrogens (tertiary/aromatic N) is 4. The van der Waals surface area contributed by atoms with Gasteiger partial charge in [0.1, 0.15) is 11.2 Å². The van der Waals surface area contributed by atoms with E-state index in [2.05, 4.69) is 14.3 Å². The molecule has 0 saturated carbocycles. The Morgan fingerprint density at radius 3 is 2.65 bits per heavy atom. The van der Waals surface area contributed by atoms with Gasteiger partial charge in [-0.15, -0.1) is 9.24 Å². The maximum absolute atomic E-state index is 13.1. The standard InChI is InChI=1S/C16H17N4O2P/c1-15(2)12-4-5-20(11-8-18-19(3)9-11)14(22)16(12,23)6-10(7-17)13(15)21/h4,6,8-9H,5,23H2,1-3H3/t16-/m0/s1. The van der Waals surface area contributed by atoms with Crippen LogP contribution < -0.4 is 4.90 Å². The van der Waals surface area contributed by atoms with Crippen LogP contribution in [0.5, 0.6) is 0 Å². The zero-order valence-corrected chi connectivity index (χ0v) is 14.4. The van der Waals surface area contributed by atoms with E-state index < -0.39 is 10.6 Å². The van der Waals surface area contributed by atoms with Crippen LogP contribution in [0, 0.1) is 16.7 Å². The van der Waals surface area contributed by atoms with E-state index in [0.29, 0.717) is 12.2 Å². The molecule has 1 aromatic heterocycles. The summed E-state index contributed by atoms with van der Waals surface area (Å²) in [5, 5.41) is 12.3. The fraction of sp³-hybridized carbons (Fsp3) is 0.375. The van der Waals surface area contributed by atoms with Crippen LogP contribution in [0.3, 0.4) is 0 Å². The molecular formula is C16H17N4O2P. The lowest BCUT2D eigenvalue weighted by molar-refractivity contribution is -0.123. The number of nitriles is 1. The topological polar surface area (TPSA) is 79.0 Å². The van der Waals surface area contributed by atoms with Gasteiger partial charge in [0.25, 0.3) is 0 Å². The molecule has 2 atom stereocenters. The van der Waals surface area contributed by atoms with Gasteiger partial charge in [-0.2, -0.15) is 10.4 Å². The summed E-state index contributed by atoms with van der Waals surface area (Å²) in [6, 6.07) is 1.93. The molecule has 0 bridgehead atoms. The average Bonchev–Trinajstić information content (AvgIpc) is 2.92. The van der Waals surface area contributed by atoms with Gasteiger partial charge >= 0.3 is 0 Å². The Morgan fingerprint density at radius 2 is 2.09 bits per heavy atom. The molecule has 118 valence electrons. The fourth-order valence-corrected chi connectivity index (χ4v) is 4.09. The van der Waals surface area contributed by atoms with Crippen molar-refractivity contribution in [1.29, 1.82) is 5.26 Å². The molecule has 7 heteroatoms. The number of ketones is 1. The molecule has 0 fully saturated rings. The lowest BCUT2D eigenvalue weighted by atomic mass is 9.66. The number of allylic oxidation sites excluding steroid dienone is 1. The number of hydrogen-bond acceptors (Lipinski definition) is 4. The minimum absolute atomic E-state index is 0.0311. The first-order valence-electron chi connectivity index (χ1n) is 7.20. The van der Waals surface area contributed by atoms with Crippen LogP contribution in [0.15, 0.2) is 35.7 Å². The van der Waals surface area contributed by atoms with E-state index in [4.69, 9.17) is 0 Å². The molecule has 1 aliphatic heterocycles. The predicted molar refractivity (Wildman–Crippen MR) is 88.6 cm³/mol. The Kier molecular flexibility index (Phi) is 3.31. The van der Waals surface area contributed by atoms with E-state index in [9.17, 15) is 14.9 Å². The number of Topliss-reactive ketones (excluding diaryl/α,β-unsaturated/α-hetero) is 1. The fourth-order valence-electron chi connectivity index (χ4n) is 3.29. The molecule has 0 radical (unpaired) electrons. The molecule has 23 heavy (non-hydrogen) atoms. The van der Waals surface area contributed by atoms with Gasteiger partial charge in [-0.3, -0.25) is 14.3 Å². The van der Waals surface area contributed by atoms with Gasteiger partial charge in [0, 0.05) is 19.8 Å². The van der Waals surface area contributed by atoms with Gasteiger partial charge in [0.05, 0.1) is 22.9 Å². The monoisotopic (exact) mass is 328 g/mol. The molecule has 2 heterocycles. The number of amides is 1. The highest BCUT2D eigenvalue weighted by Crippen LogP contribution is 2.50. The number of anilines is 1. The third kappa shape index (κ3) is 2.08. The normalized spacial score (nSPS) is 26.3. The zero-order valence-electron chi connectivity index (χ0n) is 13.2. The highest BCUT2D eigenvalue weighted by molar-refractivity contribution is 7.22. The minimum atomic E-state index is -1.07. The summed E-state index contributed by atoms with van der Waals surface area (Å²) in [5.41, 5.74) is 0.571. The van der Waals surface area contributed by atoms with Gasteiger partial charge in [0.15, 0.2) is 5.78 Å². The van der Waals surface area contributed by atoms with Gasteiger partial charge in [-0.1, -0.05) is 6.08 Å². The number of aromatic nitrogens is 2. The predicted octanol–water partition coefficient (Wildman–Crippen LogP) is 1.37. The van der Waals surface area contributed by atoms with Crippen molar-refractivity contribution in [2.24, 2.45) is 12.5 Å². The van der Waals surface area contributed by atoms with Crippen molar-refractivity contribution in [3.8, 4) is 6.07 Å². The number of rotatable bonds is 1. The van der Waals surface area contributed by atoms with Gasteiger partial charge in [0.2, 0.25) is 5.91 Å². The van der Waals surface area contributed by atoms with Gasteiger partial charge in [-0.25, -0.2) is 0 Å². The van der Waals surface area contributed by atoms with E-state index in [-0.39, 0.29) is 17.3 Å². The number of carbonyl (C=O) groups excluding carboxylic acids is 2. The first-order valence-corrected chi connectivity index (χ1v) is 7.78. The molecule has 1 aromatic rings. The third-order valence-electron chi connectivity index (χ3n) is 4.50. The SMILES string of the molecule is Cn1cc(N2CC=C3C(C)(C)C(=O)C(C#N)=C[C@@]3(P)C2=O)cn1. The van der Waals surface area contributed by atoms with Crippen LogP contribution in [-0.4, -0.2) is 33.2 Å². The van der Waals surface area contributed by atoms with Crippen molar-refractivity contribution in [3.05, 3.63) is 35.7 Å². The molecule has 0 aromatic carbocycles. The molecule has 3 rings (SSSR count). The lowest BCUT2D eigenvalue weighted by Gasteiger charge is -2.45. The Morgan fingerprint density at radius 1 is 1.39 bits per heavy atom. The van der Waals surface area contributed by atoms with Gasteiger partial charge in [-0.05, 0) is 25.5 Å². The van der Waals surface area contributed by atoms with Gasteiger partial charge < -0.3 is 4.90 Å². The van der Waals surface area contributed by atoms with Crippen LogP contribution in [0.1, 0.15) is 13.8 Å². The summed E-state index contributed by atoms with van der Waals surface area (Å²) in [7, 11) is 4.32. The van der Waals surface area contributed by atoms with Crippen LogP contribution in [-0.2, 0) is 16.6 Å².